The van der Waals surface area contributed by atoms with Crippen molar-refractivity contribution < 1.29 is 9.52 Å². The first-order valence-corrected chi connectivity index (χ1v) is 5.26. The van der Waals surface area contributed by atoms with E-state index in [2.05, 4.69) is 0 Å². The van der Waals surface area contributed by atoms with E-state index >= 15 is 0 Å². The second-order valence-corrected chi connectivity index (χ2v) is 3.80. The molecule has 3 heteroatoms. The van der Waals surface area contributed by atoms with Crippen LogP contribution in [0.15, 0.2) is 34.9 Å². The van der Waals surface area contributed by atoms with Crippen LogP contribution in [0, 0.1) is 6.92 Å². The lowest BCUT2D eigenvalue weighted by molar-refractivity contribution is 0.300. The van der Waals surface area contributed by atoms with Crippen LogP contribution < -0.4 is 5.73 Å². The Morgan fingerprint density at radius 3 is 2.81 bits per heavy atom. The molecular formula is C13H15NO2. The van der Waals surface area contributed by atoms with Crippen molar-refractivity contribution in [3.8, 4) is 11.1 Å². The van der Waals surface area contributed by atoms with Crippen LogP contribution >= 0.6 is 0 Å². The van der Waals surface area contributed by atoms with Crippen LogP contribution in [-0.4, -0.2) is 11.7 Å². The van der Waals surface area contributed by atoms with E-state index in [-0.39, 0.29) is 6.61 Å². The lowest BCUT2D eigenvalue weighted by Crippen LogP contribution is -1.99. The monoisotopic (exact) mass is 217 g/mol. The summed E-state index contributed by atoms with van der Waals surface area (Å²) in [7, 11) is 0. The number of hydrogen-bond acceptors (Lipinski definition) is 3. The Bertz CT molecular complexity index is 488. The molecule has 0 fully saturated rings. The summed E-state index contributed by atoms with van der Waals surface area (Å²) in [5.74, 6) is 0.863. The highest BCUT2D eigenvalue weighted by molar-refractivity contribution is 5.78. The third-order valence-electron chi connectivity index (χ3n) is 2.62. The van der Waals surface area contributed by atoms with Gasteiger partial charge in [-0.1, -0.05) is 18.2 Å². The molecule has 16 heavy (non-hydrogen) atoms. The van der Waals surface area contributed by atoms with E-state index in [1.807, 2.05) is 31.2 Å². The van der Waals surface area contributed by atoms with Crippen LogP contribution in [0.25, 0.3) is 11.1 Å². The maximum atomic E-state index is 8.94. The standard InChI is InChI=1S/C13H15NO2/c1-9-7-11(8-16-9)12-4-2-3-10(5-6-15)13(12)14/h2-4,7-8,15H,5-6,14H2,1H3. The van der Waals surface area contributed by atoms with Crippen LogP contribution in [0.4, 0.5) is 5.69 Å². The highest BCUT2D eigenvalue weighted by Gasteiger charge is 2.08. The van der Waals surface area contributed by atoms with Crippen LogP contribution in [0.5, 0.6) is 0 Å². The van der Waals surface area contributed by atoms with Crippen LogP contribution in [-0.2, 0) is 6.42 Å². The quantitative estimate of drug-likeness (QED) is 0.776. The lowest BCUT2D eigenvalue weighted by Gasteiger charge is -2.08. The molecule has 3 nitrogen and oxygen atoms in total. The second-order valence-electron chi connectivity index (χ2n) is 3.80. The average Bonchev–Trinajstić information content (AvgIpc) is 2.68. The molecular weight excluding hydrogens is 202 g/mol. The van der Waals surface area contributed by atoms with E-state index in [0.717, 1.165) is 28.1 Å². The molecule has 0 amide bonds. The van der Waals surface area contributed by atoms with Gasteiger partial charge in [0.05, 0.1) is 6.26 Å². The molecule has 1 heterocycles. The first-order chi connectivity index (χ1) is 7.72. The Balaban J connectivity index is 2.45. The third kappa shape index (κ3) is 1.95. The predicted molar refractivity (Wildman–Crippen MR) is 64.1 cm³/mol. The molecule has 0 aliphatic carbocycles. The molecule has 0 aliphatic heterocycles. The topological polar surface area (TPSA) is 59.4 Å². The van der Waals surface area contributed by atoms with Gasteiger partial charge in [-0.2, -0.15) is 0 Å². The van der Waals surface area contributed by atoms with Crippen molar-refractivity contribution in [3.05, 3.63) is 41.9 Å². The highest BCUT2D eigenvalue weighted by atomic mass is 16.3. The lowest BCUT2D eigenvalue weighted by atomic mass is 10.0. The normalized spacial score (nSPS) is 10.6. The van der Waals surface area contributed by atoms with Gasteiger partial charge in [0.25, 0.3) is 0 Å². The molecule has 0 aliphatic rings. The minimum atomic E-state index is 0.109. The molecule has 3 N–H and O–H groups in total. The number of aliphatic hydroxyl groups excluding tert-OH is 1. The van der Waals surface area contributed by atoms with E-state index in [9.17, 15) is 0 Å². The van der Waals surface area contributed by atoms with Gasteiger partial charge < -0.3 is 15.3 Å². The largest absolute Gasteiger partial charge is 0.469 e. The minimum Gasteiger partial charge on any atom is -0.469 e. The molecule has 0 unspecified atom stereocenters. The first-order valence-electron chi connectivity index (χ1n) is 5.26. The van der Waals surface area contributed by atoms with Crippen LogP contribution in [0.3, 0.4) is 0 Å². The predicted octanol–water partition coefficient (Wildman–Crippen LogP) is 2.37. The van der Waals surface area contributed by atoms with E-state index in [1.165, 1.54) is 0 Å². The van der Waals surface area contributed by atoms with Gasteiger partial charge in [0.1, 0.15) is 5.76 Å². The van der Waals surface area contributed by atoms with E-state index in [4.69, 9.17) is 15.3 Å². The number of para-hydroxylation sites is 1. The smallest absolute Gasteiger partial charge is 0.101 e. The summed E-state index contributed by atoms with van der Waals surface area (Å²) in [4.78, 5) is 0. The van der Waals surface area contributed by atoms with Gasteiger partial charge >= 0.3 is 0 Å². The number of rotatable bonds is 3. The Labute approximate surface area is 94.5 Å². The molecule has 0 saturated carbocycles. The van der Waals surface area contributed by atoms with Gasteiger partial charge in [0.2, 0.25) is 0 Å². The van der Waals surface area contributed by atoms with Gasteiger partial charge in [0, 0.05) is 23.4 Å². The van der Waals surface area contributed by atoms with Gasteiger partial charge in [0.15, 0.2) is 0 Å². The molecule has 2 aromatic rings. The van der Waals surface area contributed by atoms with Crippen LogP contribution in [0.1, 0.15) is 11.3 Å². The Kier molecular flexibility index (Phi) is 2.97. The maximum Gasteiger partial charge on any atom is 0.101 e. The van der Waals surface area contributed by atoms with Crippen molar-refractivity contribution in [3.63, 3.8) is 0 Å². The van der Waals surface area contributed by atoms with Crippen molar-refractivity contribution in [1.29, 1.82) is 0 Å². The average molecular weight is 217 g/mol. The second kappa shape index (κ2) is 4.41. The molecule has 0 radical (unpaired) electrons. The first kappa shape index (κ1) is 10.8. The Morgan fingerprint density at radius 1 is 1.38 bits per heavy atom. The van der Waals surface area contributed by atoms with Gasteiger partial charge in [-0.25, -0.2) is 0 Å². The Hall–Kier alpha value is -1.74. The fraction of sp³-hybridized carbons (Fsp3) is 0.231. The summed E-state index contributed by atoms with van der Waals surface area (Å²) in [6.45, 7) is 2.01. The number of nitrogen functional groups attached to an aromatic ring is 1. The number of aliphatic hydroxyl groups is 1. The molecule has 1 aromatic carbocycles. The van der Waals surface area contributed by atoms with Gasteiger partial charge in [-0.3, -0.25) is 0 Å². The maximum absolute atomic E-state index is 8.94. The SMILES string of the molecule is Cc1cc(-c2cccc(CCO)c2N)co1. The molecule has 0 atom stereocenters. The summed E-state index contributed by atoms with van der Waals surface area (Å²) in [6.07, 6.45) is 2.28. The molecule has 1 aromatic heterocycles. The number of aryl methyl sites for hydroxylation is 1. The summed E-state index contributed by atoms with van der Waals surface area (Å²) < 4.78 is 5.27. The molecule has 0 bridgehead atoms. The number of anilines is 1. The summed E-state index contributed by atoms with van der Waals surface area (Å²) >= 11 is 0. The fourth-order valence-electron chi connectivity index (χ4n) is 1.79. The van der Waals surface area contributed by atoms with Crippen LogP contribution in [0.2, 0.25) is 0 Å². The highest BCUT2D eigenvalue weighted by Crippen LogP contribution is 2.30. The van der Waals surface area contributed by atoms with E-state index < -0.39 is 0 Å². The minimum absolute atomic E-state index is 0.109. The third-order valence-corrected chi connectivity index (χ3v) is 2.62. The van der Waals surface area contributed by atoms with E-state index in [1.54, 1.807) is 6.26 Å². The fourth-order valence-corrected chi connectivity index (χ4v) is 1.79. The van der Waals surface area contributed by atoms with Crippen molar-refractivity contribution in [2.75, 3.05) is 12.3 Å². The zero-order valence-corrected chi connectivity index (χ0v) is 9.23. The number of hydrogen-bond donors (Lipinski definition) is 2. The number of nitrogens with two attached hydrogens (primary N) is 1. The number of benzene rings is 1. The van der Waals surface area contributed by atoms with Crippen molar-refractivity contribution in [1.82, 2.24) is 0 Å². The summed E-state index contributed by atoms with van der Waals surface area (Å²) in [5, 5.41) is 8.94. The van der Waals surface area contributed by atoms with Crippen molar-refractivity contribution >= 4 is 5.69 Å². The molecule has 0 saturated heterocycles. The molecule has 0 spiro atoms. The van der Waals surface area contributed by atoms with Crippen molar-refractivity contribution in [2.24, 2.45) is 0 Å². The molecule has 2 rings (SSSR count). The zero-order chi connectivity index (χ0) is 11.5. The van der Waals surface area contributed by atoms with E-state index in [0.29, 0.717) is 6.42 Å². The van der Waals surface area contributed by atoms with Gasteiger partial charge in [-0.05, 0) is 25.0 Å². The zero-order valence-electron chi connectivity index (χ0n) is 9.23. The summed E-state index contributed by atoms with van der Waals surface area (Å²) in [6, 6.07) is 7.79. The summed E-state index contributed by atoms with van der Waals surface area (Å²) in [5.41, 5.74) is 9.69. The number of furan rings is 1. The van der Waals surface area contributed by atoms with Gasteiger partial charge in [-0.15, -0.1) is 0 Å². The Morgan fingerprint density at radius 2 is 2.19 bits per heavy atom. The van der Waals surface area contributed by atoms with Crippen molar-refractivity contribution in [2.45, 2.75) is 13.3 Å². The molecule has 84 valence electrons.